The third kappa shape index (κ3) is 2.33. The van der Waals surface area contributed by atoms with Gasteiger partial charge in [-0.15, -0.1) is 0 Å². The van der Waals surface area contributed by atoms with Gasteiger partial charge in [0, 0.05) is 6.54 Å². The maximum atomic E-state index is 6.09. The van der Waals surface area contributed by atoms with E-state index in [0.29, 0.717) is 0 Å². The average Bonchev–Trinajstić information content (AvgIpc) is 2.49. The van der Waals surface area contributed by atoms with Gasteiger partial charge in [0.15, 0.2) is 0 Å². The van der Waals surface area contributed by atoms with Crippen LogP contribution in [0.5, 0.6) is 0 Å². The molecule has 2 rings (SSSR count). The lowest BCUT2D eigenvalue weighted by molar-refractivity contribution is 0.00578. The highest BCUT2D eigenvalue weighted by Gasteiger charge is 2.52. The van der Waals surface area contributed by atoms with E-state index in [2.05, 4.69) is 45.1 Å². The van der Waals surface area contributed by atoms with Gasteiger partial charge in [-0.2, -0.15) is 0 Å². The van der Waals surface area contributed by atoms with Crippen molar-refractivity contribution in [2.45, 2.75) is 45.4 Å². The van der Waals surface area contributed by atoms with E-state index in [1.54, 1.807) is 0 Å². The van der Waals surface area contributed by atoms with Crippen molar-refractivity contribution in [2.24, 2.45) is 0 Å². The minimum Gasteiger partial charge on any atom is -0.399 e. The number of rotatable bonds is 3. The predicted molar refractivity (Wildman–Crippen MR) is 74.9 cm³/mol. The molecule has 4 heteroatoms. The molecular weight excluding hydrogens is 225 g/mol. The standard InChI is InChI=1S/C14H22BNO2/c1-13(2)14(3,4)18-15(17-13)12-9-7-6-8-11(12)10-16-5/h6-9,16H,10H2,1-5H3. The van der Waals surface area contributed by atoms with Gasteiger partial charge < -0.3 is 14.6 Å². The Balaban J connectivity index is 2.29. The second kappa shape index (κ2) is 4.69. The van der Waals surface area contributed by atoms with Crippen LogP contribution in [0.3, 0.4) is 0 Å². The first kappa shape index (κ1) is 13.6. The Hall–Kier alpha value is -0.835. The molecule has 1 heterocycles. The maximum Gasteiger partial charge on any atom is 0.495 e. The quantitative estimate of drug-likeness (QED) is 0.825. The van der Waals surface area contributed by atoms with Crippen molar-refractivity contribution < 1.29 is 9.31 Å². The Morgan fingerprint density at radius 2 is 1.61 bits per heavy atom. The molecule has 1 N–H and O–H groups in total. The van der Waals surface area contributed by atoms with Crippen LogP contribution in [0.2, 0.25) is 0 Å². The summed E-state index contributed by atoms with van der Waals surface area (Å²) >= 11 is 0. The van der Waals surface area contributed by atoms with Gasteiger partial charge in [0.2, 0.25) is 0 Å². The van der Waals surface area contributed by atoms with Crippen molar-refractivity contribution in [2.75, 3.05) is 7.05 Å². The summed E-state index contributed by atoms with van der Waals surface area (Å²) in [7, 11) is 1.67. The van der Waals surface area contributed by atoms with Gasteiger partial charge in [0.25, 0.3) is 0 Å². The first-order valence-corrected chi connectivity index (χ1v) is 6.45. The van der Waals surface area contributed by atoms with E-state index in [-0.39, 0.29) is 18.3 Å². The molecule has 18 heavy (non-hydrogen) atoms. The molecular formula is C14H22BNO2. The minimum absolute atomic E-state index is 0.278. The summed E-state index contributed by atoms with van der Waals surface area (Å²) in [6, 6.07) is 8.26. The molecule has 98 valence electrons. The molecule has 0 aliphatic carbocycles. The van der Waals surface area contributed by atoms with Crippen LogP contribution in [0.1, 0.15) is 33.3 Å². The molecule has 0 amide bonds. The summed E-state index contributed by atoms with van der Waals surface area (Å²) in [5.41, 5.74) is 1.76. The second-order valence-electron chi connectivity index (χ2n) is 5.82. The Labute approximate surface area is 110 Å². The maximum absolute atomic E-state index is 6.09. The van der Waals surface area contributed by atoms with E-state index in [1.165, 1.54) is 5.56 Å². The Morgan fingerprint density at radius 3 is 2.17 bits per heavy atom. The van der Waals surface area contributed by atoms with E-state index in [9.17, 15) is 0 Å². The lowest BCUT2D eigenvalue weighted by atomic mass is 9.76. The van der Waals surface area contributed by atoms with Gasteiger partial charge in [-0.05, 0) is 45.8 Å². The third-order valence-electron chi connectivity index (χ3n) is 3.93. The normalized spacial score (nSPS) is 21.3. The highest BCUT2D eigenvalue weighted by molar-refractivity contribution is 6.62. The lowest BCUT2D eigenvalue weighted by Gasteiger charge is -2.32. The highest BCUT2D eigenvalue weighted by atomic mass is 16.7. The zero-order chi connectivity index (χ0) is 13.4. The molecule has 3 nitrogen and oxygen atoms in total. The molecule has 1 aromatic rings. The summed E-state index contributed by atoms with van der Waals surface area (Å²) in [4.78, 5) is 0. The number of hydrogen-bond acceptors (Lipinski definition) is 3. The SMILES string of the molecule is CNCc1ccccc1B1OC(C)(C)C(C)(C)O1. The van der Waals surface area contributed by atoms with Crippen LogP contribution in [0.25, 0.3) is 0 Å². The highest BCUT2D eigenvalue weighted by Crippen LogP contribution is 2.36. The molecule has 1 fully saturated rings. The van der Waals surface area contributed by atoms with Crippen molar-refractivity contribution in [1.29, 1.82) is 0 Å². The molecule has 1 aliphatic heterocycles. The zero-order valence-electron chi connectivity index (χ0n) is 11.9. The van der Waals surface area contributed by atoms with Crippen LogP contribution in [0.4, 0.5) is 0 Å². The number of hydrogen-bond donors (Lipinski definition) is 1. The Kier molecular flexibility index (Phi) is 3.54. The van der Waals surface area contributed by atoms with Crippen molar-refractivity contribution in [3.05, 3.63) is 29.8 Å². The van der Waals surface area contributed by atoms with Crippen molar-refractivity contribution >= 4 is 12.6 Å². The molecule has 0 saturated carbocycles. The van der Waals surface area contributed by atoms with Crippen LogP contribution in [-0.2, 0) is 15.9 Å². The van der Waals surface area contributed by atoms with E-state index >= 15 is 0 Å². The molecule has 1 saturated heterocycles. The van der Waals surface area contributed by atoms with Crippen molar-refractivity contribution in [3.63, 3.8) is 0 Å². The molecule has 1 aliphatic rings. The van der Waals surface area contributed by atoms with Crippen LogP contribution < -0.4 is 10.8 Å². The fourth-order valence-corrected chi connectivity index (χ4v) is 2.09. The van der Waals surface area contributed by atoms with Crippen LogP contribution in [0.15, 0.2) is 24.3 Å². The summed E-state index contributed by atoms with van der Waals surface area (Å²) in [5.74, 6) is 0. The second-order valence-corrected chi connectivity index (χ2v) is 5.82. The predicted octanol–water partition coefficient (Wildman–Crippen LogP) is 1.71. The molecule has 0 atom stereocenters. The van der Waals surface area contributed by atoms with Crippen molar-refractivity contribution in [3.8, 4) is 0 Å². The minimum atomic E-state index is -0.287. The monoisotopic (exact) mass is 247 g/mol. The molecule has 0 aromatic heterocycles. The van der Waals surface area contributed by atoms with Gasteiger partial charge in [-0.1, -0.05) is 24.3 Å². The van der Waals surface area contributed by atoms with Gasteiger partial charge in [0.05, 0.1) is 11.2 Å². The van der Waals surface area contributed by atoms with E-state index in [4.69, 9.17) is 9.31 Å². The lowest BCUT2D eigenvalue weighted by Crippen LogP contribution is -2.41. The summed E-state index contributed by atoms with van der Waals surface area (Å²) in [5, 5.41) is 3.18. The smallest absolute Gasteiger partial charge is 0.399 e. The molecule has 0 radical (unpaired) electrons. The van der Waals surface area contributed by atoms with Crippen LogP contribution >= 0.6 is 0 Å². The third-order valence-corrected chi connectivity index (χ3v) is 3.93. The largest absolute Gasteiger partial charge is 0.495 e. The summed E-state index contributed by atoms with van der Waals surface area (Å²) in [6.07, 6.45) is 0. The Bertz CT molecular complexity index is 416. The Morgan fingerprint density at radius 1 is 1.06 bits per heavy atom. The van der Waals surface area contributed by atoms with Crippen molar-refractivity contribution in [1.82, 2.24) is 5.32 Å². The fourth-order valence-electron chi connectivity index (χ4n) is 2.09. The summed E-state index contributed by atoms with van der Waals surface area (Å²) in [6.45, 7) is 9.13. The van der Waals surface area contributed by atoms with E-state index in [1.807, 2.05) is 19.2 Å². The topological polar surface area (TPSA) is 30.5 Å². The van der Waals surface area contributed by atoms with Gasteiger partial charge >= 0.3 is 7.12 Å². The number of benzene rings is 1. The first-order valence-electron chi connectivity index (χ1n) is 6.45. The molecule has 0 bridgehead atoms. The number of nitrogens with one attached hydrogen (secondary N) is 1. The summed E-state index contributed by atoms with van der Waals surface area (Å²) < 4.78 is 12.2. The fraction of sp³-hybridized carbons (Fsp3) is 0.571. The van der Waals surface area contributed by atoms with Crippen LogP contribution in [-0.4, -0.2) is 25.4 Å². The average molecular weight is 247 g/mol. The van der Waals surface area contributed by atoms with Gasteiger partial charge in [0.1, 0.15) is 0 Å². The van der Waals surface area contributed by atoms with E-state index < -0.39 is 0 Å². The molecule has 0 spiro atoms. The first-order chi connectivity index (χ1) is 8.37. The molecule has 0 unspecified atom stereocenters. The van der Waals surface area contributed by atoms with Crippen LogP contribution in [0, 0.1) is 0 Å². The molecule has 1 aromatic carbocycles. The van der Waals surface area contributed by atoms with Gasteiger partial charge in [-0.3, -0.25) is 0 Å². The van der Waals surface area contributed by atoms with E-state index in [0.717, 1.165) is 12.0 Å². The van der Waals surface area contributed by atoms with Gasteiger partial charge in [-0.25, -0.2) is 0 Å². The zero-order valence-corrected chi connectivity index (χ0v) is 11.9.